The summed E-state index contributed by atoms with van der Waals surface area (Å²) in [6, 6.07) is 9.89. The van der Waals surface area contributed by atoms with Crippen LogP contribution in [-0.4, -0.2) is 17.0 Å². The summed E-state index contributed by atoms with van der Waals surface area (Å²) in [6.07, 6.45) is 1.46. The van der Waals surface area contributed by atoms with Crippen molar-refractivity contribution < 1.29 is 13.5 Å². The lowest BCUT2D eigenvalue weighted by Gasteiger charge is -2.08. The third-order valence-electron chi connectivity index (χ3n) is 2.91. The summed E-state index contributed by atoms with van der Waals surface area (Å²) in [7, 11) is 1.49. The molecule has 0 saturated heterocycles. The van der Waals surface area contributed by atoms with Crippen LogP contribution in [0.1, 0.15) is 0 Å². The molecule has 4 nitrogen and oxygen atoms in total. The summed E-state index contributed by atoms with van der Waals surface area (Å²) in [5, 5.41) is 3.38. The molecular weight excluding hydrogens is 276 g/mol. The van der Waals surface area contributed by atoms with E-state index in [0.717, 1.165) is 17.0 Å². The highest BCUT2D eigenvalue weighted by molar-refractivity contribution is 5.79. The minimum atomic E-state index is -0.875. The fraction of sp³-hybridized carbons (Fsp3) is 0.0667. The number of hydrogen-bond donors (Lipinski definition) is 1. The molecule has 0 spiro atoms. The highest BCUT2D eigenvalue weighted by Gasteiger charge is 2.13. The van der Waals surface area contributed by atoms with Gasteiger partial charge in [-0.2, -0.15) is 4.98 Å². The second-order valence-corrected chi connectivity index (χ2v) is 4.32. The first-order valence-corrected chi connectivity index (χ1v) is 6.24. The first-order chi connectivity index (χ1) is 10.2. The molecule has 3 rings (SSSR count). The number of benzene rings is 1. The van der Waals surface area contributed by atoms with Crippen molar-refractivity contribution in [3.05, 3.63) is 54.2 Å². The highest BCUT2D eigenvalue weighted by Crippen LogP contribution is 2.27. The number of ether oxygens (including phenoxy) is 1. The molecule has 2 aromatic heterocycles. The summed E-state index contributed by atoms with van der Waals surface area (Å²) in [5.74, 6) is -1.72. The lowest BCUT2D eigenvalue weighted by atomic mass is 10.2. The molecule has 1 N–H and O–H groups in total. The molecule has 21 heavy (non-hydrogen) atoms. The van der Waals surface area contributed by atoms with E-state index in [1.54, 1.807) is 6.07 Å². The molecule has 1 aromatic carbocycles. The number of hydrogen-bond acceptors (Lipinski definition) is 4. The number of nitrogens with zero attached hydrogens (tertiary/aromatic N) is 2. The third kappa shape index (κ3) is 2.60. The molecule has 0 saturated carbocycles. The summed E-state index contributed by atoms with van der Waals surface area (Å²) >= 11 is 0. The van der Waals surface area contributed by atoms with E-state index in [9.17, 15) is 8.78 Å². The maximum Gasteiger partial charge on any atom is 0.258 e. The van der Waals surface area contributed by atoms with E-state index in [0.29, 0.717) is 5.75 Å². The molecule has 0 aliphatic rings. The van der Waals surface area contributed by atoms with Gasteiger partial charge in [0.15, 0.2) is 17.5 Å². The smallest absolute Gasteiger partial charge is 0.258 e. The van der Waals surface area contributed by atoms with Gasteiger partial charge in [0.05, 0.1) is 11.7 Å². The van der Waals surface area contributed by atoms with Crippen molar-refractivity contribution in [2.45, 2.75) is 0 Å². The Labute approximate surface area is 119 Å². The van der Waals surface area contributed by atoms with Gasteiger partial charge in [0.25, 0.3) is 5.88 Å². The highest BCUT2D eigenvalue weighted by atomic mass is 19.1. The first-order valence-electron chi connectivity index (χ1n) is 6.24. The second-order valence-electron chi connectivity index (χ2n) is 4.32. The van der Waals surface area contributed by atoms with E-state index < -0.39 is 11.6 Å². The van der Waals surface area contributed by atoms with Crippen LogP contribution in [0.25, 0.3) is 10.9 Å². The number of anilines is 1. The van der Waals surface area contributed by atoms with Gasteiger partial charge in [-0.15, -0.1) is 0 Å². The minimum absolute atomic E-state index is 0.0832. The minimum Gasteiger partial charge on any atom is -0.435 e. The van der Waals surface area contributed by atoms with Crippen LogP contribution < -0.4 is 10.1 Å². The lowest BCUT2D eigenvalue weighted by Crippen LogP contribution is -2.01. The van der Waals surface area contributed by atoms with Crippen molar-refractivity contribution in [2.75, 3.05) is 12.4 Å². The zero-order valence-corrected chi connectivity index (χ0v) is 11.1. The Morgan fingerprint density at radius 2 is 1.90 bits per heavy atom. The summed E-state index contributed by atoms with van der Waals surface area (Å²) in [4.78, 5) is 7.96. The zero-order valence-electron chi connectivity index (χ0n) is 11.1. The van der Waals surface area contributed by atoms with E-state index in [1.165, 1.54) is 13.2 Å². The molecule has 0 radical (unpaired) electrons. The van der Waals surface area contributed by atoms with E-state index >= 15 is 0 Å². The summed E-state index contributed by atoms with van der Waals surface area (Å²) < 4.78 is 32.4. The van der Waals surface area contributed by atoms with Gasteiger partial charge in [0, 0.05) is 18.5 Å². The van der Waals surface area contributed by atoms with E-state index in [4.69, 9.17) is 4.74 Å². The quantitative estimate of drug-likeness (QED) is 0.797. The van der Waals surface area contributed by atoms with Crippen molar-refractivity contribution in [1.82, 2.24) is 9.97 Å². The Balaban J connectivity index is 1.98. The maximum atomic E-state index is 13.7. The number of nitrogens with one attached hydrogen (secondary N) is 1. The average molecular weight is 287 g/mol. The van der Waals surface area contributed by atoms with Crippen LogP contribution in [0, 0.1) is 11.6 Å². The summed E-state index contributed by atoms with van der Waals surface area (Å²) in [5.41, 5.74) is 0.799. The summed E-state index contributed by atoms with van der Waals surface area (Å²) in [6.45, 7) is 0. The van der Waals surface area contributed by atoms with Crippen molar-refractivity contribution in [3.8, 4) is 11.6 Å². The fourth-order valence-corrected chi connectivity index (χ4v) is 1.91. The van der Waals surface area contributed by atoms with Crippen LogP contribution in [-0.2, 0) is 0 Å². The number of fused-ring (bicyclic) bond motifs is 1. The van der Waals surface area contributed by atoms with Gasteiger partial charge in [-0.3, -0.25) is 4.98 Å². The number of aromatic nitrogens is 2. The van der Waals surface area contributed by atoms with Crippen LogP contribution in [0.2, 0.25) is 0 Å². The number of rotatable bonds is 3. The van der Waals surface area contributed by atoms with E-state index in [2.05, 4.69) is 15.3 Å². The Bertz CT molecular complexity index is 808. The van der Waals surface area contributed by atoms with Gasteiger partial charge in [-0.05, 0) is 12.1 Å². The van der Waals surface area contributed by atoms with Gasteiger partial charge in [0.2, 0.25) is 0 Å². The molecule has 0 bridgehead atoms. The second kappa shape index (κ2) is 5.32. The molecule has 106 valence electrons. The van der Waals surface area contributed by atoms with Crippen LogP contribution in [0.5, 0.6) is 11.6 Å². The zero-order chi connectivity index (χ0) is 14.8. The van der Waals surface area contributed by atoms with Gasteiger partial charge in [0.1, 0.15) is 5.75 Å². The molecule has 6 heteroatoms. The number of pyridine rings is 2. The number of para-hydroxylation sites is 1. The molecule has 0 aliphatic carbocycles. The van der Waals surface area contributed by atoms with E-state index in [-0.39, 0.29) is 11.7 Å². The van der Waals surface area contributed by atoms with Gasteiger partial charge < -0.3 is 10.1 Å². The van der Waals surface area contributed by atoms with Crippen LogP contribution in [0.15, 0.2) is 42.6 Å². The third-order valence-corrected chi connectivity index (χ3v) is 2.91. The molecule has 0 amide bonds. The van der Waals surface area contributed by atoms with Crippen molar-refractivity contribution in [2.24, 2.45) is 0 Å². The van der Waals surface area contributed by atoms with Gasteiger partial charge >= 0.3 is 0 Å². The average Bonchev–Trinajstić information content (AvgIpc) is 2.50. The van der Waals surface area contributed by atoms with Gasteiger partial charge in [-0.1, -0.05) is 18.2 Å². The molecular formula is C15H11F2N3O. The Morgan fingerprint density at radius 1 is 1.10 bits per heavy atom. The van der Waals surface area contributed by atoms with Crippen LogP contribution >= 0.6 is 0 Å². The standard InChI is InChI=1S/C15H11F2N3O/c1-18-14-11(16)7-12(17)15(20-14)21-10-6-9-4-2-3-5-13(9)19-8-10/h2-8H,1H3,(H,18,20). The Morgan fingerprint density at radius 3 is 2.71 bits per heavy atom. The van der Waals surface area contributed by atoms with Crippen molar-refractivity contribution >= 4 is 16.7 Å². The van der Waals surface area contributed by atoms with Crippen molar-refractivity contribution in [1.29, 1.82) is 0 Å². The monoisotopic (exact) mass is 287 g/mol. The molecule has 3 aromatic rings. The van der Waals surface area contributed by atoms with Crippen LogP contribution in [0.4, 0.5) is 14.6 Å². The predicted octanol–water partition coefficient (Wildman–Crippen LogP) is 3.74. The normalized spacial score (nSPS) is 10.6. The SMILES string of the molecule is CNc1nc(Oc2cnc3ccccc3c2)c(F)cc1F. The number of halogens is 2. The molecule has 0 fully saturated rings. The first kappa shape index (κ1) is 13.2. The lowest BCUT2D eigenvalue weighted by molar-refractivity contribution is 0.417. The Kier molecular flexibility index (Phi) is 3.35. The Hall–Kier alpha value is -2.76. The fourth-order valence-electron chi connectivity index (χ4n) is 1.91. The largest absolute Gasteiger partial charge is 0.435 e. The molecule has 0 unspecified atom stereocenters. The van der Waals surface area contributed by atoms with Crippen LogP contribution in [0.3, 0.4) is 0 Å². The topological polar surface area (TPSA) is 47.0 Å². The van der Waals surface area contributed by atoms with Crippen molar-refractivity contribution in [3.63, 3.8) is 0 Å². The molecule has 2 heterocycles. The van der Waals surface area contributed by atoms with E-state index in [1.807, 2.05) is 24.3 Å². The maximum absolute atomic E-state index is 13.7. The van der Waals surface area contributed by atoms with Gasteiger partial charge in [-0.25, -0.2) is 8.78 Å². The predicted molar refractivity (Wildman–Crippen MR) is 75.5 cm³/mol. The molecule has 0 atom stereocenters. The molecule has 0 aliphatic heterocycles.